The number of benzene rings is 1. The van der Waals surface area contributed by atoms with Crippen LogP contribution in [0, 0.1) is 3.57 Å². The number of halogens is 4. The van der Waals surface area contributed by atoms with Crippen molar-refractivity contribution in [1.82, 2.24) is 0 Å². The van der Waals surface area contributed by atoms with Gasteiger partial charge in [-0.1, -0.05) is 0 Å². The highest BCUT2D eigenvalue weighted by atomic mass is 127. The van der Waals surface area contributed by atoms with E-state index >= 15 is 0 Å². The summed E-state index contributed by atoms with van der Waals surface area (Å²) in [6.45, 7) is 7.29. The van der Waals surface area contributed by atoms with Gasteiger partial charge in [0.05, 0.1) is 0 Å². The lowest BCUT2D eigenvalue weighted by Crippen LogP contribution is -2.44. The van der Waals surface area contributed by atoms with Gasteiger partial charge in [0.25, 0.3) is 0 Å². The molecule has 1 aromatic rings. The largest absolute Gasteiger partial charge is 0.482 e. The second kappa shape index (κ2) is 6.89. The summed E-state index contributed by atoms with van der Waals surface area (Å²) >= 11 is 1.90. The molecule has 0 bridgehead atoms. The van der Waals surface area contributed by atoms with Crippen LogP contribution in [0.25, 0.3) is 0 Å². The number of hydrogen-bond acceptors (Lipinski definition) is 4. The number of alkyl halides is 3. The van der Waals surface area contributed by atoms with E-state index in [1.165, 1.54) is 30.4 Å². The Morgan fingerprint density at radius 2 is 1.67 bits per heavy atom. The Labute approximate surface area is 152 Å². The predicted molar refractivity (Wildman–Crippen MR) is 92.7 cm³/mol. The highest BCUT2D eigenvalue weighted by Crippen LogP contribution is 2.36. The molecule has 8 heteroatoms. The van der Waals surface area contributed by atoms with E-state index in [2.05, 4.69) is 0 Å². The van der Waals surface area contributed by atoms with Crippen LogP contribution in [0.1, 0.15) is 40.2 Å². The van der Waals surface area contributed by atoms with Crippen molar-refractivity contribution in [3.63, 3.8) is 0 Å². The van der Waals surface area contributed by atoms with Crippen molar-refractivity contribution in [2.75, 3.05) is 5.32 Å². The van der Waals surface area contributed by atoms with Crippen LogP contribution in [0.15, 0.2) is 18.2 Å². The van der Waals surface area contributed by atoms with Gasteiger partial charge in [0.1, 0.15) is 11.0 Å². The number of ether oxygens (including phenoxy) is 1. The molecule has 0 heterocycles. The Balaban J connectivity index is 3.53. The number of carbonyl (C=O) groups excluding carboxylic acids is 2. The molecule has 0 aliphatic rings. The molecule has 0 aliphatic heterocycles. The van der Waals surface area contributed by atoms with Crippen LogP contribution in [-0.4, -0.2) is 23.7 Å². The first-order valence-corrected chi connectivity index (χ1v) is 8.14. The molecule has 0 spiro atoms. The fourth-order valence-corrected chi connectivity index (χ4v) is 2.51. The Morgan fingerprint density at radius 3 is 2.08 bits per heavy atom. The number of anilines is 1. The van der Waals surface area contributed by atoms with E-state index in [4.69, 9.17) is 4.74 Å². The standard InChI is InChI=1S/C16H19F3INO3/c1-9(22)15(5,13(23)24-14(2,3)4)11-8-10(20)6-7-12(11)21-16(17,18)19/h6-8,21H,1-5H3/t15-/m0/s1. The summed E-state index contributed by atoms with van der Waals surface area (Å²) in [5, 5.41) is 1.39. The van der Waals surface area contributed by atoms with Gasteiger partial charge in [-0.15, -0.1) is 0 Å². The lowest BCUT2D eigenvalue weighted by molar-refractivity contribution is -0.163. The third-order valence-corrected chi connectivity index (χ3v) is 3.98. The molecule has 1 rings (SSSR count). The Hall–Kier alpha value is -1.32. The maximum absolute atomic E-state index is 12.8. The number of Topliss-reactive ketones (excluding diaryl/α,β-unsaturated/α-hetero) is 1. The molecular formula is C16H19F3INO3. The van der Waals surface area contributed by atoms with Gasteiger partial charge in [-0.3, -0.25) is 14.9 Å². The first kappa shape index (κ1) is 20.7. The maximum atomic E-state index is 12.8. The smallest absolute Gasteiger partial charge is 0.459 e. The summed E-state index contributed by atoms with van der Waals surface area (Å²) in [5.41, 5.74) is -3.17. The van der Waals surface area contributed by atoms with Crippen molar-refractivity contribution in [3.8, 4) is 0 Å². The Morgan fingerprint density at radius 1 is 1.12 bits per heavy atom. The summed E-state index contributed by atoms with van der Waals surface area (Å²) in [6.07, 6.45) is -4.70. The van der Waals surface area contributed by atoms with Crippen LogP contribution >= 0.6 is 22.6 Å². The van der Waals surface area contributed by atoms with E-state index in [9.17, 15) is 22.8 Å². The third kappa shape index (κ3) is 5.09. The van der Waals surface area contributed by atoms with E-state index < -0.39 is 29.1 Å². The number of hydrogen-bond donors (Lipinski definition) is 1. The SMILES string of the molecule is CC(=O)[C@](C)(C(=O)OC(C)(C)C)c1cc(I)ccc1NC(F)(F)F. The lowest BCUT2D eigenvalue weighted by atomic mass is 9.78. The van der Waals surface area contributed by atoms with Gasteiger partial charge >= 0.3 is 12.3 Å². The molecular weight excluding hydrogens is 438 g/mol. The normalized spacial score (nSPS) is 14.7. The number of nitrogens with one attached hydrogen (secondary N) is 1. The molecule has 0 radical (unpaired) electrons. The van der Waals surface area contributed by atoms with Gasteiger partial charge in [0, 0.05) is 14.8 Å². The number of ketones is 1. The van der Waals surface area contributed by atoms with Gasteiger partial charge in [-0.2, -0.15) is 13.2 Å². The predicted octanol–water partition coefficient (Wildman–Crippen LogP) is 4.41. The van der Waals surface area contributed by atoms with Crippen molar-refractivity contribution >= 4 is 40.0 Å². The average molecular weight is 457 g/mol. The quantitative estimate of drug-likeness (QED) is 0.315. The lowest BCUT2D eigenvalue weighted by Gasteiger charge is -2.31. The van der Waals surface area contributed by atoms with E-state index in [-0.39, 0.29) is 11.3 Å². The zero-order valence-electron chi connectivity index (χ0n) is 14.0. The highest BCUT2D eigenvalue weighted by molar-refractivity contribution is 14.1. The number of rotatable bonds is 4. The van der Waals surface area contributed by atoms with Gasteiger partial charge in [0.15, 0.2) is 5.78 Å². The molecule has 0 aliphatic carbocycles. The second-order valence-electron chi connectivity index (χ2n) is 6.50. The molecule has 4 nitrogen and oxygen atoms in total. The molecule has 0 aromatic heterocycles. The van der Waals surface area contributed by atoms with Crippen molar-refractivity contribution in [2.24, 2.45) is 0 Å². The van der Waals surface area contributed by atoms with Gasteiger partial charge in [-0.05, 0) is 75.4 Å². The summed E-state index contributed by atoms with van der Waals surface area (Å²) < 4.78 is 44.2. The van der Waals surface area contributed by atoms with Gasteiger partial charge < -0.3 is 4.74 Å². The zero-order chi connectivity index (χ0) is 18.9. The second-order valence-corrected chi connectivity index (χ2v) is 7.74. The summed E-state index contributed by atoms with van der Waals surface area (Å²) in [5.74, 6) is -1.50. The molecule has 1 aromatic carbocycles. The number of esters is 1. The van der Waals surface area contributed by atoms with Crippen molar-refractivity contribution < 1.29 is 27.5 Å². The average Bonchev–Trinajstić information content (AvgIpc) is 2.36. The highest BCUT2D eigenvalue weighted by Gasteiger charge is 2.46. The van der Waals surface area contributed by atoms with Crippen LogP contribution in [-0.2, 0) is 19.7 Å². The van der Waals surface area contributed by atoms with Crippen LogP contribution < -0.4 is 5.32 Å². The molecule has 0 amide bonds. The first-order valence-electron chi connectivity index (χ1n) is 7.06. The zero-order valence-corrected chi connectivity index (χ0v) is 16.1. The van der Waals surface area contributed by atoms with E-state index in [1.807, 2.05) is 22.6 Å². The van der Waals surface area contributed by atoms with E-state index in [0.717, 1.165) is 6.92 Å². The molecule has 24 heavy (non-hydrogen) atoms. The van der Waals surface area contributed by atoms with Crippen LogP contribution in [0.2, 0.25) is 0 Å². The monoisotopic (exact) mass is 457 g/mol. The van der Waals surface area contributed by atoms with Crippen LogP contribution in [0.4, 0.5) is 18.9 Å². The van der Waals surface area contributed by atoms with Crippen molar-refractivity contribution in [3.05, 3.63) is 27.3 Å². The molecule has 0 saturated heterocycles. The fraction of sp³-hybridized carbons (Fsp3) is 0.500. The third-order valence-electron chi connectivity index (χ3n) is 3.31. The molecule has 0 saturated carbocycles. The van der Waals surface area contributed by atoms with E-state index in [1.54, 1.807) is 20.8 Å². The fourth-order valence-electron chi connectivity index (χ4n) is 2.02. The van der Waals surface area contributed by atoms with Crippen molar-refractivity contribution in [2.45, 2.75) is 51.9 Å². The Bertz CT molecular complexity index is 653. The first-order chi connectivity index (χ1) is 10.7. The molecule has 134 valence electrons. The van der Waals surface area contributed by atoms with Crippen LogP contribution in [0.5, 0.6) is 0 Å². The van der Waals surface area contributed by atoms with Crippen LogP contribution in [0.3, 0.4) is 0 Å². The minimum Gasteiger partial charge on any atom is -0.459 e. The minimum absolute atomic E-state index is 0.0755. The molecule has 1 atom stereocenters. The number of carbonyl (C=O) groups is 2. The van der Waals surface area contributed by atoms with E-state index in [0.29, 0.717) is 3.57 Å². The van der Waals surface area contributed by atoms with Gasteiger partial charge in [-0.25, -0.2) is 0 Å². The minimum atomic E-state index is -4.70. The summed E-state index contributed by atoms with van der Waals surface area (Å²) in [7, 11) is 0. The molecule has 1 N–H and O–H groups in total. The van der Waals surface area contributed by atoms with Crippen molar-refractivity contribution in [1.29, 1.82) is 0 Å². The van der Waals surface area contributed by atoms with Gasteiger partial charge in [0.2, 0.25) is 0 Å². The summed E-state index contributed by atoms with van der Waals surface area (Å²) in [6, 6.07) is 4.02. The summed E-state index contributed by atoms with van der Waals surface area (Å²) in [4.78, 5) is 24.8. The molecule has 0 unspecified atom stereocenters. The topological polar surface area (TPSA) is 55.4 Å². The Kier molecular flexibility index (Phi) is 5.95. The molecule has 0 fully saturated rings. The maximum Gasteiger partial charge on any atom is 0.482 e.